The van der Waals surface area contributed by atoms with Crippen molar-refractivity contribution < 1.29 is 14.1 Å². The van der Waals surface area contributed by atoms with Crippen LogP contribution in [0.5, 0.6) is 0 Å². The molecule has 8 nitrogen and oxygen atoms in total. The van der Waals surface area contributed by atoms with E-state index in [2.05, 4.69) is 10.3 Å². The van der Waals surface area contributed by atoms with E-state index < -0.39 is 4.92 Å². The Morgan fingerprint density at radius 1 is 1.63 bits per heavy atom. The van der Waals surface area contributed by atoms with Gasteiger partial charge in [-0.1, -0.05) is 0 Å². The molecule has 0 atom stereocenters. The van der Waals surface area contributed by atoms with Crippen molar-refractivity contribution in [2.45, 2.75) is 20.0 Å². The van der Waals surface area contributed by atoms with E-state index in [9.17, 15) is 14.9 Å². The van der Waals surface area contributed by atoms with Gasteiger partial charge in [0.2, 0.25) is 0 Å². The summed E-state index contributed by atoms with van der Waals surface area (Å²) in [6.45, 7) is 1.70. The predicted molar refractivity (Wildman–Crippen MR) is 64.2 cm³/mol. The minimum absolute atomic E-state index is 0.150. The lowest BCUT2D eigenvalue weighted by molar-refractivity contribution is -0.392. The van der Waals surface area contributed by atoms with E-state index in [4.69, 9.17) is 4.42 Å². The first-order valence-corrected chi connectivity index (χ1v) is 5.53. The van der Waals surface area contributed by atoms with Crippen LogP contribution in [0.2, 0.25) is 0 Å². The fourth-order valence-electron chi connectivity index (χ4n) is 1.60. The molecule has 19 heavy (non-hydrogen) atoms. The zero-order valence-corrected chi connectivity index (χ0v) is 10.2. The number of hydrogen-bond acceptors (Lipinski definition) is 5. The Bertz CT molecular complexity index is 588. The zero-order valence-electron chi connectivity index (χ0n) is 10.2. The molecule has 0 unspecified atom stereocenters. The van der Waals surface area contributed by atoms with Crippen molar-refractivity contribution in [3.05, 3.63) is 46.3 Å². The summed E-state index contributed by atoms with van der Waals surface area (Å²) in [4.78, 5) is 25.7. The van der Waals surface area contributed by atoms with Gasteiger partial charge in [0.05, 0.1) is 12.8 Å². The van der Waals surface area contributed by atoms with Crippen molar-refractivity contribution >= 4 is 11.7 Å². The highest BCUT2D eigenvalue weighted by Crippen LogP contribution is 2.13. The molecular weight excluding hydrogens is 252 g/mol. The Kier molecular flexibility index (Phi) is 3.60. The molecule has 2 rings (SSSR count). The number of nitrogens with zero attached hydrogens (tertiary/aromatic N) is 3. The summed E-state index contributed by atoms with van der Waals surface area (Å²) in [5, 5.41) is 13.4. The number of aromatic nitrogens is 2. The highest BCUT2D eigenvalue weighted by atomic mass is 16.6. The monoisotopic (exact) mass is 264 g/mol. The fraction of sp³-hybridized carbons (Fsp3) is 0.273. The van der Waals surface area contributed by atoms with Gasteiger partial charge in [0, 0.05) is 6.92 Å². The van der Waals surface area contributed by atoms with Crippen LogP contribution in [0.4, 0.5) is 5.82 Å². The van der Waals surface area contributed by atoms with Crippen molar-refractivity contribution in [2.24, 2.45) is 0 Å². The molecule has 0 aliphatic heterocycles. The molecule has 0 spiro atoms. The Morgan fingerprint density at radius 2 is 2.42 bits per heavy atom. The van der Waals surface area contributed by atoms with Gasteiger partial charge in [0.1, 0.15) is 12.0 Å². The molecule has 0 aromatic carbocycles. The van der Waals surface area contributed by atoms with Gasteiger partial charge in [0.15, 0.2) is 12.4 Å². The number of carbonyl (C=O) groups is 1. The molecule has 2 heterocycles. The summed E-state index contributed by atoms with van der Waals surface area (Å²) in [6, 6.07) is 3.44. The largest absolute Gasteiger partial charge is 0.467 e. The standard InChI is InChI=1S/C11H12N4O4/c1-8-12-6-11(15(17)18)14(8)7-10(16)13-5-9-3-2-4-19-9/h2-4,6H,5,7H2,1H3,(H,13,16). The van der Waals surface area contributed by atoms with E-state index in [-0.39, 0.29) is 24.8 Å². The average molecular weight is 264 g/mol. The molecular formula is C11H12N4O4. The topological polar surface area (TPSA) is 103 Å². The number of rotatable bonds is 5. The fourth-order valence-corrected chi connectivity index (χ4v) is 1.60. The van der Waals surface area contributed by atoms with Gasteiger partial charge in [-0.25, -0.2) is 9.55 Å². The second-order valence-corrected chi connectivity index (χ2v) is 3.86. The van der Waals surface area contributed by atoms with Gasteiger partial charge >= 0.3 is 5.82 Å². The third kappa shape index (κ3) is 2.97. The van der Waals surface area contributed by atoms with Crippen LogP contribution in [-0.2, 0) is 17.9 Å². The Morgan fingerprint density at radius 3 is 3.05 bits per heavy atom. The Labute approximate surface area is 108 Å². The summed E-state index contributed by atoms with van der Waals surface area (Å²) in [6.07, 6.45) is 2.64. The van der Waals surface area contributed by atoms with Crippen LogP contribution in [0.1, 0.15) is 11.6 Å². The molecule has 2 aromatic heterocycles. The Balaban J connectivity index is 1.99. The van der Waals surface area contributed by atoms with Crippen molar-refractivity contribution in [3.8, 4) is 0 Å². The maximum atomic E-state index is 11.7. The number of aryl methyl sites for hydroxylation is 1. The number of nitro groups is 1. The molecule has 0 saturated carbocycles. The van der Waals surface area contributed by atoms with Crippen molar-refractivity contribution in [1.82, 2.24) is 14.9 Å². The van der Waals surface area contributed by atoms with Gasteiger partial charge in [-0.2, -0.15) is 0 Å². The van der Waals surface area contributed by atoms with Crippen LogP contribution in [-0.4, -0.2) is 20.4 Å². The number of nitrogens with one attached hydrogen (secondary N) is 1. The second kappa shape index (κ2) is 5.34. The summed E-state index contributed by atoms with van der Waals surface area (Å²) >= 11 is 0. The van der Waals surface area contributed by atoms with Gasteiger partial charge in [-0.05, 0) is 17.1 Å². The van der Waals surface area contributed by atoms with E-state index in [1.807, 2.05) is 0 Å². The van der Waals surface area contributed by atoms with E-state index in [1.54, 1.807) is 19.1 Å². The first-order chi connectivity index (χ1) is 9.08. The number of imidazole rings is 1. The van der Waals surface area contributed by atoms with Gasteiger partial charge < -0.3 is 19.8 Å². The summed E-state index contributed by atoms with van der Waals surface area (Å²) < 4.78 is 6.31. The first kappa shape index (κ1) is 12.8. The molecule has 0 saturated heterocycles. The summed E-state index contributed by atoms with van der Waals surface area (Å²) in [7, 11) is 0. The number of hydrogen-bond donors (Lipinski definition) is 1. The second-order valence-electron chi connectivity index (χ2n) is 3.86. The minimum Gasteiger partial charge on any atom is -0.467 e. The van der Waals surface area contributed by atoms with Crippen molar-refractivity contribution in [1.29, 1.82) is 0 Å². The van der Waals surface area contributed by atoms with Crippen LogP contribution in [0.15, 0.2) is 29.0 Å². The van der Waals surface area contributed by atoms with Crippen molar-refractivity contribution in [2.75, 3.05) is 0 Å². The van der Waals surface area contributed by atoms with Crippen molar-refractivity contribution in [3.63, 3.8) is 0 Å². The molecule has 0 radical (unpaired) electrons. The minimum atomic E-state index is -0.570. The highest BCUT2D eigenvalue weighted by molar-refractivity contribution is 5.76. The van der Waals surface area contributed by atoms with E-state index in [0.29, 0.717) is 11.6 Å². The van der Waals surface area contributed by atoms with Crippen LogP contribution in [0, 0.1) is 17.0 Å². The van der Waals surface area contributed by atoms with Crippen LogP contribution in [0.25, 0.3) is 0 Å². The maximum absolute atomic E-state index is 11.7. The highest BCUT2D eigenvalue weighted by Gasteiger charge is 2.19. The third-order valence-electron chi connectivity index (χ3n) is 2.56. The van der Waals surface area contributed by atoms with E-state index >= 15 is 0 Å². The molecule has 8 heteroatoms. The zero-order chi connectivity index (χ0) is 13.8. The number of carbonyl (C=O) groups excluding carboxylic acids is 1. The summed E-state index contributed by atoms with van der Waals surface area (Å²) in [5.74, 6) is 0.483. The molecule has 2 aromatic rings. The van der Waals surface area contributed by atoms with Gasteiger partial charge in [-0.15, -0.1) is 0 Å². The lowest BCUT2D eigenvalue weighted by Crippen LogP contribution is -2.27. The Hall–Kier alpha value is -2.64. The maximum Gasteiger partial charge on any atom is 0.343 e. The molecule has 0 aliphatic rings. The summed E-state index contributed by atoms with van der Waals surface area (Å²) in [5.41, 5.74) is 0. The average Bonchev–Trinajstić information content (AvgIpc) is 2.98. The first-order valence-electron chi connectivity index (χ1n) is 5.53. The van der Waals surface area contributed by atoms with Crippen LogP contribution >= 0.6 is 0 Å². The van der Waals surface area contributed by atoms with Gasteiger partial charge in [0.25, 0.3) is 5.91 Å². The molecule has 0 fully saturated rings. The van der Waals surface area contributed by atoms with Crippen LogP contribution < -0.4 is 5.32 Å². The SMILES string of the molecule is Cc1ncc([N+](=O)[O-])n1CC(=O)NCc1ccco1. The van der Waals surface area contributed by atoms with Crippen LogP contribution in [0.3, 0.4) is 0 Å². The van der Waals surface area contributed by atoms with E-state index in [0.717, 1.165) is 6.20 Å². The lowest BCUT2D eigenvalue weighted by Gasteiger charge is -2.04. The predicted octanol–water partition coefficient (Wildman–Crippen LogP) is 1.01. The normalized spacial score (nSPS) is 10.4. The van der Waals surface area contributed by atoms with E-state index in [1.165, 1.54) is 10.8 Å². The quantitative estimate of drug-likeness (QED) is 0.641. The smallest absolute Gasteiger partial charge is 0.343 e. The van der Waals surface area contributed by atoms with Gasteiger partial charge in [-0.3, -0.25) is 4.79 Å². The molecule has 100 valence electrons. The molecule has 1 amide bonds. The number of amides is 1. The number of furan rings is 1. The molecule has 1 N–H and O–H groups in total. The third-order valence-corrected chi connectivity index (χ3v) is 2.56. The molecule has 0 aliphatic carbocycles. The lowest BCUT2D eigenvalue weighted by atomic mass is 10.4. The molecule has 0 bridgehead atoms.